The van der Waals surface area contributed by atoms with Crippen LogP contribution in [0.25, 0.3) is 0 Å². The molecule has 96 valence electrons. The van der Waals surface area contributed by atoms with Gasteiger partial charge in [0.25, 0.3) is 0 Å². The molecule has 16 heavy (non-hydrogen) atoms. The number of hydrogen-bond donors (Lipinski definition) is 0. The molecule has 0 spiro atoms. The minimum atomic E-state index is 1.25. The van der Waals surface area contributed by atoms with E-state index in [1.807, 2.05) is 47.0 Å². The molecule has 0 radical (unpaired) electrons. The van der Waals surface area contributed by atoms with Crippen LogP contribution in [0.3, 0.4) is 0 Å². The van der Waals surface area contributed by atoms with Crippen LogP contribution < -0.4 is 0 Å². The molecule has 2 saturated heterocycles. The molecule has 2 aliphatic rings. The molecule has 0 aromatic carbocycles. The Bertz CT molecular complexity index is 153. The lowest BCUT2D eigenvalue weighted by Gasteiger charge is -1.97. The standard InChI is InChI=1S/C6H8S4.2C3H8/c1-2-8-5(7-1)6-9-3-4-10-6;2*1-3-2/h1-4H2;2*3H2,1-2H3. The Labute approximate surface area is 119 Å². The Balaban J connectivity index is 0.000000321. The van der Waals surface area contributed by atoms with Crippen molar-refractivity contribution in [3.63, 3.8) is 0 Å². The van der Waals surface area contributed by atoms with Crippen molar-refractivity contribution in [2.24, 2.45) is 0 Å². The summed E-state index contributed by atoms with van der Waals surface area (Å²) in [5, 5.41) is 0. The zero-order valence-corrected chi connectivity index (χ0v) is 14.1. The molecule has 0 nitrogen and oxygen atoms in total. The smallest absolute Gasteiger partial charge is 0.0603 e. The minimum absolute atomic E-state index is 1.25. The van der Waals surface area contributed by atoms with Crippen molar-refractivity contribution >= 4 is 47.0 Å². The first-order valence-corrected chi connectivity index (χ1v) is 9.99. The fourth-order valence-electron chi connectivity index (χ4n) is 0.856. The van der Waals surface area contributed by atoms with Gasteiger partial charge < -0.3 is 0 Å². The third-order valence-corrected chi connectivity index (χ3v) is 7.21. The van der Waals surface area contributed by atoms with Crippen LogP contribution in [0.1, 0.15) is 40.5 Å². The molecule has 4 heteroatoms. The SMILES string of the molecule is C1CSC(=C2SCCS2)S1.CCC.CCC. The molecule has 0 aliphatic carbocycles. The number of thioether (sulfide) groups is 4. The predicted molar refractivity (Wildman–Crippen MR) is 88.8 cm³/mol. The van der Waals surface area contributed by atoms with Gasteiger partial charge in [-0.3, -0.25) is 0 Å². The van der Waals surface area contributed by atoms with Gasteiger partial charge in [0.1, 0.15) is 0 Å². The molecule has 0 atom stereocenters. The summed E-state index contributed by atoms with van der Waals surface area (Å²) in [6, 6.07) is 0. The second kappa shape index (κ2) is 12.6. The van der Waals surface area contributed by atoms with Gasteiger partial charge in [-0.25, -0.2) is 0 Å². The normalized spacial score (nSPS) is 18.8. The van der Waals surface area contributed by atoms with Crippen molar-refractivity contribution in [3.8, 4) is 0 Å². The Kier molecular flexibility index (Phi) is 13.5. The molecule has 2 aliphatic heterocycles. The third kappa shape index (κ3) is 8.26. The second-order valence-corrected chi connectivity index (χ2v) is 8.32. The van der Waals surface area contributed by atoms with Crippen molar-refractivity contribution in [2.75, 3.05) is 23.0 Å². The second-order valence-electron chi connectivity index (χ2n) is 3.38. The van der Waals surface area contributed by atoms with Crippen molar-refractivity contribution in [3.05, 3.63) is 8.47 Å². The highest BCUT2D eigenvalue weighted by molar-refractivity contribution is 8.31. The van der Waals surface area contributed by atoms with Crippen LogP contribution >= 0.6 is 47.0 Å². The van der Waals surface area contributed by atoms with Gasteiger partial charge in [-0.15, -0.1) is 47.0 Å². The molecule has 2 heterocycles. The van der Waals surface area contributed by atoms with Crippen molar-refractivity contribution < 1.29 is 0 Å². The van der Waals surface area contributed by atoms with Crippen LogP contribution in [0.2, 0.25) is 0 Å². The summed E-state index contributed by atoms with van der Waals surface area (Å²) in [6.07, 6.45) is 2.50. The summed E-state index contributed by atoms with van der Waals surface area (Å²) in [5.41, 5.74) is 0. The van der Waals surface area contributed by atoms with Crippen LogP contribution in [-0.4, -0.2) is 23.0 Å². The first kappa shape index (κ1) is 17.1. The van der Waals surface area contributed by atoms with E-state index >= 15 is 0 Å². The van der Waals surface area contributed by atoms with E-state index in [1.54, 1.807) is 8.47 Å². The molecule has 2 rings (SSSR count). The van der Waals surface area contributed by atoms with E-state index in [-0.39, 0.29) is 0 Å². The predicted octanol–water partition coefficient (Wildman–Crippen LogP) is 5.91. The van der Waals surface area contributed by atoms with Crippen molar-refractivity contribution in [1.29, 1.82) is 0 Å². The third-order valence-electron chi connectivity index (χ3n) is 1.27. The van der Waals surface area contributed by atoms with Crippen LogP contribution in [-0.2, 0) is 0 Å². The van der Waals surface area contributed by atoms with Crippen LogP contribution in [0.4, 0.5) is 0 Å². The Morgan fingerprint density at radius 2 is 0.812 bits per heavy atom. The maximum Gasteiger partial charge on any atom is 0.0603 e. The van der Waals surface area contributed by atoms with Gasteiger partial charge in [0, 0.05) is 23.0 Å². The largest absolute Gasteiger partial charge is 0.117 e. The van der Waals surface area contributed by atoms with E-state index < -0.39 is 0 Å². The van der Waals surface area contributed by atoms with Crippen LogP contribution in [0, 0.1) is 0 Å². The first-order chi connectivity index (χ1) is 7.79. The summed E-state index contributed by atoms with van der Waals surface area (Å²) in [7, 11) is 0. The summed E-state index contributed by atoms with van der Waals surface area (Å²) in [4.78, 5) is 0. The molecule has 0 N–H and O–H groups in total. The zero-order valence-electron chi connectivity index (χ0n) is 10.9. The van der Waals surface area contributed by atoms with E-state index in [0.29, 0.717) is 0 Å². The van der Waals surface area contributed by atoms with Gasteiger partial charge in [-0.1, -0.05) is 40.5 Å². The lowest BCUT2D eigenvalue weighted by Crippen LogP contribution is -1.64. The average molecular weight is 297 g/mol. The van der Waals surface area contributed by atoms with E-state index in [2.05, 4.69) is 27.7 Å². The molecule has 0 aromatic rings. The minimum Gasteiger partial charge on any atom is -0.117 e. The first-order valence-electron chi connectivity index (χ1n) is 6.05. The quantitative estimate of drug-likeness (QED) is 0.545. The van der Waals surface area contributed by atoms with E-state index in [0.717, 1.165) is 0 Å². The van der Waals surface area contributed by atoms with Crippen molar-refractivity contribution in [2.45, 2.75) is 40.5 Å². The summed E-state index contributed by atoms with van der Waals surface area (Å²) in [6.45, 7) is 8.50. The van der Waals surface area contributed by atoms with Gasteiger partial charge in [-0.2, -0.15) is 0 Å². The fraction of sp³-hybridized carbons (Fsp3) is 0.833. The molecule has 0 unspecified atom stereocenters. The molecule has 0 saturated carbocycles. The highest BCUT2D eigenvalue weighted by atomic mass is 32.2. The fourth-order valence-corrected chi connectivity index (χ4v) is 6.48. The van der Waals surface area contributed by atoms with Crippen LogP contribution in [0.5, 0.6) is 0 Å². The topological polar surface area (TPSA) is 0 Å². The summed E-state index contributed by atoms with van der Waals surface area (Å²) in [5.74, 6) is 5.30. The highest BCUT2D eigenvalue weighted by Crippen LogP contribution is 2.49. The maximum atomic E-state index is 2.12. The monoisotopic (exact) mass is 296 g/mol. The van der Waals surface area contributed by atoms with E-state index in [4.69, 9.17) is 0 Å². The van der Waals surface area contributed by atoms with Gasteiger partial charge in [0.2, 0.25) is 0 Å². The van der Waals surface area contributed by atoms with Crippen LogP contribution in [0.15, 0.2) is 8.47 Å². The molecule has 0 bridgehead atoms. The summed E-state index contributed by atoms with van der Waals surface area (Å²) >= 11 is 8.16. The van der Waals surface area contributed by atoms with Gasteiger partial charge in [0.15, 0.2) is 0 Å². The molecule has 0 aromatic heterocycles. The Morgan fingerprint density at radius 3 is 1.00 bits per heavy atom. The number of rotatable bonds is 0. The van der Waals surface area contributed by atoms with Gasteiger partial charge in [0.05, 0.1) is 8.47 Å². The van der Waals surface area contributed by atoms with Gasteiger partial charge in [-0.05, 0) is 0 Å². The lowest BCUT2D eigenvalue weighted by molar-refractivity contribution is 1.09. The Morgan fingerprint density at radius 1 is 0.625 bits per heavy atom. The van der Waals surface area contributed by atoms with E-state index in [1.165, 1.54) is 35.9 Å². The molecule has 0 amide bonds. The highest BCUT2D eigenvalue weighted by Gasteiger charge is 2.18. The van der Waals surface area contributed by atoms with Gasteiger partial charge >= 0.3 is 0 Å². The summed E-state index contributed by atoms with van der Waals surface area (Å²) < 4.78 is 3.21. The zero-order chi connectivity index (χ0) is 12.2. The average Bonchev–Trinajstić information content (AvgIpc) is 2.93. The van der Waals surface area contributed by atoms with E-state index in [9.17, 15) is 0 Å². The van der Waals surface area contributed by atoms with Crippen molar-refractivity contribution in [1.82, 2.24) is 0 Å². The molecule has 2 fully saturated rings. The molecular formula is C12H24S4. The molecular weight excluding hydrogens is 272 g/mol. The number of hydrogen-bond acceptors (Lipinski definition) is 4. The lowest BCUT2D eigenvalue weighted by atomic mass is 10.6. The maximum absolute atomic E-state index is 2.12. The Hall–Kier alpha value is 1.14.